The Morgan fingerprint density at radius 2 is 1.53 bits per heavy atom. The second-order valence-electron chi connectivity index (χ2n) is 5.19. The van der Waals surface area contributed by atoms with Crippen LogP contribution in [0.1, 0.15) is 71.1 Å². The molecule has 1 unspecified atom stereocenters. The van der Waals surface area contributed by atoms with Crippen LogP contribution in [-0.4, -0.2) is 23.8 Å². The maximum Gasteiger partial charge on any atom is 0.330 e. The van der Waals surface area contributed by atoms with E-state index in [1.165, 1.54) is 44.6 Å². The van der Waals surface area contributed by atoms with Gasteiger partial charge in [-0.3, -0.25) is 0 Å². The van der Waals surface area contributed by atoms with Gasteiger partial charge in [-0.15, -0.1) is 0 Å². The largest absolute Gasteiger partial charge is 0.463 e. The number of hydrogen-bond acceptors (Lipinski definition) is 3. The summed E-state index contributed by atoms with van der Waals surface area (Å²) in [5.74, 6) is -0.322. The van der Waals surface area contributed by atoms with Crippen molar-refractivity contribution >= 4 is 5.97 Å². The zero-order valence-corrected chi connectivity index (χ0v) is 12.4. The maximum atomic E-state index is 10.8. The summed E-state index contributed by atoms with van der Waals surface area (Å²) in [6, 6.07) is 0. The summed E-state index contributed by atoms with van der Waals surface area (Å²) in [5, 5.41) is 9.11. The van der Waals surface area contributed by atoms with E-state index in [4.69, 9.17) is 9.84 Å². The first-order valence-corrected chi connectivity index (χ1v) is 7.64. The number of rotatable bonds is 13. The molecule has 0 bridgehead atoms. The second kappa shape index (κ2) is 13.6. The fourth-order valence-corrected chi connectivity index (χ4v) is 2.01. The SMILES string of the molecule is C=CC(=O)OCCCCCCCCCCCC(C)O. The summed E-state index contributed by atoms with van der Waals surface area (Å²) in [6.07, 6.45) is 12.8. The summed E-state index contributed by atoms with van der Waals surface area (Å²) in [4.78, 5) is 10.8. The molecular weight excluding hydrogens is 240 g/mol. The topological polar surface area (TPSA) is 46.5 Å². The third kappa shape index (κ3) is 15.1. The van der Waals surface area contributed by atoms with Gasteiger partial charge in [0.25, 0.3) is 0 Å². The molecule has 112 valence electrons. The lowest BCUT2D eigenvalue weighted by Gasteiger charge is -2.04. The van der Waals surface area contributed by atoms with Gasteiger partial charge in [0.2, 0.25) is 0 Å². The van der Waals surface area contributed by atoms with Gasteiger partial charge in [-0.1, -0.05) is 57.9 Å². The van der Waals surface area contributed by atoms with Gasteiger partial charge in [-0.05, 0) is 19.8 Å². The number of ether oxygens (including phenoxy) is 1. The smallest absolute Gasteiger partial charge is 0.330 e. The van der Waals surface area contributed by atoms with Crippen molar-refractivity contribution in [3.63, 3.8) is 0 Å². The Bertz CT molecular complexity index is 224. The molecule has 0 amide bonds. The molecule has 0 aliphatic carbocycles. The predicted molar refractivity (Wildman–Crippen MR) is 79.0 cm³/mol. The Balaban J connectivity index is 3.03. The van der Waals surface area contributed by atoms with Crippen molar-refractivity contribution in [1.29, 1.82) is 0 Å². The first-order chi connectivity index (χ1) is 9.16. The lowest BCUT2D eigenvalue weighted by Crippen LogP contribution is -2.01. The summed E-state index contributed by atoms with van der Waals surface area (Å²) in [7, 11) is 0. The van der Waals surface area contributed by atoms with E-state index in [-0.39, 0.29) is 12.1 Å². The number of esters is 1. The minimum atomic E-state index is -0.322. The Morgan fingerprint density at radius 3 is 2.00 bits per heavy atom. The minimum absolute atomic E-state index is 0.143. The molecule has 3 nitrogen and oxygen atoms in total. The van der Waals surface area contributed by atoms with Crippen LogP contribution in [0.5, 0.6) is 0 Å². The average molecular weight is 270 g/mol. The van der Waals surface area contributed by atoms with Gasteiger partial charge in [0.05, 0.1) is 12.7 Å². The molecule has 0 aromatic rings. The lowest BCUT2D eigenvalue weighted by atomic mass is 10.1. The fourth-order valence-electron chi connectivity index (χ4n) is 2.01. The molecule has 0 saturated heterocycles. The van der Waals surface area contributed by atoms with E-state index in [2.05, 4.69) is 6.58 Å². The molecule has 19 heavy (non-hydrogen) atoms. The highest BCUT2D eigenvalue weighted by molar-refractivity contribution is 5.81. The van der Waals surface area contributed by atoms with E-state index >= 15 is 0 Å². The molecule has 0 fully saturated rings. The Kier molecular flexibility index (Phi) is 13.0. The molecule has 0 aliphatic rings. The van der Waals surface area contributed by atoms with E-state index < -0.39 is 0 Å². The van der Waals surface area contributed by atoms with Crippen LogP contribution in [0, 0.1) is 0 Å². The average Bonchev–Trinajstić information content (AvgIpc) is 2.39. The van der Waals surface area contributed by atoms with Gasteiger partial charge in [0.1, 0.15) is 0 Å². The normalized spacial score (nSPS) is 12.1. The van der Waals surface area contributed by atoms with Gasteiger partial charge in [-0.25, -0.2) is 4.79 Å². The van der Waals surface area contributed by atoms with E-state index in [1.807, 2.05) is 6.92 Å². The monoisotopic (exact) mass is 270 g/mol. The van der Waals surface area contributed by atoms with Crippen LogP contribution in [0.3, 0.4) is 0 Å². The van der Waals surface area contributed by atoms with Crippen molar-refractivity contribution in [2.24, 2.45) is 0 Å². The number of carbonyl (C=O) groups excluding carboxylic acids is 1. The van der Waals surface area contributed by atoms with Crippen LogP contribution < -0.4 is 0 Å². The van der Waals surface area contributed by atoms with Crippen molar-refractivity contribution in [3.8, 4) is 0 Å². The minimum Gasteiger partial charge on any atom is -0.463 e. The van der Waals surface area contributed by atoms with E-state index in [1.54, 1.807) is 0 Å². The summed E-state index contributed by atoms with van der Waals surface area (Å²) in [5.41, 5.74) is 0. The molecule has 1 atom stereocenters. The molecule has 3 heteroatoms. The number of hydrogen-bond donors (Lipinski definition) is 1. The Hall–Kier alpha value is -0.830. The molecule has 0 aromatic heterocycles. The summed E-state index contributed by atoms with van der Waals surface area (Å²) >= 11 is 0. The van der Waals surface area contributed by atoms with Crippen molar-refractivity contribution in [1.82, 2.24) is 0 Å². The van der Waals surface area contributed by atoms with Crippen LogP contribution in [0.2, 0.25) is 0 Å². The third-order valence-corrected chi connectivity index (χ3v) is 3.18. The zero-order chi connectivity index (χ0) is 14.3. The van der Waals surface area contributed by atoms with E-state index in [0.717, 1.165) is 25.7 Å². The molecule has 1 N–H and O–H groups in total. The van der Waals surface area contributed by atoms with Crippen molar-refractivity contribution < 1.29 is 14.6 Å². The highest BCUT2D eigenvalue weighted by atomic mass is 16.5. The van der Waals surface area contributed by atoms with Crippen LogP contribution >= 0.6 is 0 Å². The first-order valence-electron chi connectivity index (χ1n) is 7.64. The van der Waals surface area contributed by atoms with Crippen molar-refractivity contribution in [3.05, 3.63) is 12.7 Å². The molecule has 0 aliphatic heterocycles. The van der Waals surface area contributed by atoms with Crippen LogP contribution in [0.15, 0.2) is 12.7 Å². The molecule has 0 spiro atoms. The van der Waals surface area contributed by atoms with Gasteiger partial charge in [-0.2, -0.15) is 0 Å². The van der Waals surface area contributed by atoms with Gasteiger partial charge >= 0.3 is 5.97 Å². The first kappa shape index (κ1) is 18.2. The number of aliphatic hydroxyl groups excluding tert-OH is 1. The predicted octanol–water partition coefficient (Wildman–Crippen LogP) is 4.00. The van der Waals surface area contributed by atoms with Crippen molar-refractivity contribution in [2.45, 2.75) is 77.2 Å². The van der Waals surface area contributed by atoms with Crippen LogP contribution in [-0.2, 0) is 9.53 Å². The van der Waals surface area contributed by atoms with Gasteiger partial charge in [0, 0.05) is 6.08 Å². The fraction of sp³-hybridized carbons (Fsp3) is 0.812. The van der Waals surface area contributed by atoms with E-state index in [0.29, 0.717) is 6.61 Å². The van der Waals surface area contributed by atoms with E-state index in [9.17, 15) is 4.79 Å². The number of carbonyl (C=O) groups is 1. The number of aliphatic hydroxyl groups is 1. The van der Waals surface area contributed by atoms with Gasteiger partial charge < -0.3 is 9.84 Å². The molecule has 0 radical (unpaired) electrons. The number of unbranched alkanes of at least 4 members (excludes halogenated alkanes) is 8. The van der Waals surface area contributed by atoms with Gasteiger partial charge in [0.15, 0.2) is 0 Å². The molecule has 0 heterocycles. The standard InChI is InChI=1S/C16H30O3/c1-3-16(18)19-14-12-10-8-6-4-5-7-9-11-13-15(2)17/h3,15,17H,1,4-14H2,2H3. The maximum absolute atomic E-state index is 10.8. The zero-order valence-electron chi connectivity index (χ0n) is 12.4. The molecular formula is C16H30O3. The van der Waals surface area contributed by atoms with Crippen LogP contribution in [0.25, 0.3) is 0 Å². The Morgan fingerprint density at radius 1 is 1.05 bits per heavy atom. The molecule has 0 saturated carbocycles. The highest BCUT2D eigenvalue weighted by Crippen LogP contribution is 2.11. The quantitative estimate of drug-likeness (QED) is 0.312. The Labute approximate surface area is 118 Å². The lowest BCUT2D eigenvalue weighted by molar-refractivity contribution is -0.137. The highest BCUT2D eigenvalue weighted by Gasteiger charge is 1.97. The molecule has 0 aromatic carbocycles. The summed E-state index contributed by atoms with van der Waals surface area (Å²) in [6.45, 7) is 5.72. The summed E-state index contributed by atoms with van der Waals surface area (Å²) < 4.78 is 4.91. The van der Waals surface area contributed by atoms with Crippen LogP contribution in [0.4, 0.5) is 0 Å². The molecule has 0 rings (SSSR count). The second-order valence-corrected chi connectivity index (χ2v) is 5.19. The van der Waals surface area contributed by atoms with Crippen molar-refractivity contribution in [2.75, 3.05) is 6.61 Å². The third-order valence-electron chi connectivity index (χ3n) is 3.18.